The lowest BCUT2D eigenvalue weighted by atomic mass is 10.3. The summed E-state index contributed by atoms with van der Waals surface area (Å²) in [5, 5.41) is 0. The van der Waals surface area contributed by atoms with Crippen molar-refractivity contribution in [1.82, 2.24) is 0 Å². The monoisotopic (exact) mass is 249 g/mol. The van der Waals surface area contributed by atoms with Crippen LogP contribution in [0, 0.1) is 0 Å². The highest BCUT2D eigenvalue weighted by Crippen LogP contribution is 2.11. The highest BCUT2D eigenvalue weighted by molar-refractivity contribution is 7.80. The van der Waals surface area contributed by atoms with Crippen LogP contribution < -0.4 is 0 Å². The van der Waals surface area contributed by atoms with Crippen LogP contribution in [0.2, 0.25) is 0 Å². The first-order valence-corrected chi connectivity index (χ1v) is 5.74. The molecule has 0 amide bonds. The van der Waals surface area contributed by atoms with Crippen molar-refractivity contribution < 1.29 is 19.5 Å². The molecule has 0 fully saturated rings. The lowest BCUT2D eigenvalue weighted by Crippen LogP contribution is -2.50. The second-order valence-electron chi connectivity index (χ2n) is 4.36. The van der Waals surface area contributed by atoms with Gasteiger partial charge in [0.05, 0.1) is 20.6 Å². The number of carbonyl (C=O) groups excluding carboxylic acids is 1. The van der Waals surface area contributed by atoms with E-state index in [1.807, 2.05) is 21.0 Å². The van der Waals surface area contributed by atoms with Gasteiger partial charge in [0, 0.05) is 18.9 Å². The number of thiol groups is 1. The Hall–Kier alpha value is -0.520. The molecule has 96 valence electrons. The van der Waals surface area contributed by atoms with Gasteiger partial charge >= 0.3 is 5.97 Å². The van der Waals surface area contributed by atoms with Gasteiger partial charge in [-0.15, -0.1) is 0 Å². The van der Waals surface area contributed by atoms with Gasteiger partial charge < -0.3 is 10.2 Å². The molecule has 0 aliphatic carbocycles. The van der Waals surface area contributed by atoms with Gasteiger partial charge in [0.15, 0.2) is 0 Å². The fraction of sp³-hybridized carbons (Fsp3) is 0.727. The second-order valence-corrected chi connectivity index (χ2v) is 4.81. The maximum atomic E-state index is 11.3. The van der Waals surface area contributed by atoms with Crippen molar-refractivity contribution in [1.29, 1.82) is 0 Å². The maximum Gasteiger partial charge on any atom is 0.337 e. The Morgan fingerprint density at radius 3 is 2.38 bits per heavy atom. The Morgan fingerprint density at radius 1 is 1.50 bits per heavy atom. The Labute approximate surface area is 104 Å². The largest absolute Gasteiger partial charge is 0.870 e. The lowest BCUT2D eigenvalue weighted by Gasteiger charge is -2.34. The zero-order valence-electron chi connectivity index (χ0n) is 10.6. The average molecular weight is 249 g/mol. The third-order valence-electron chi connectivity index (χ3n) is 2.50. The van der Waals surface area contributed by atoms with Crippen LogP contribution in [-0.4, -0.2) is 48.5 Å². The molecule has 4 nitrogen and oxygen atoms in total. The van der Waals surface area contributed by atoms with Gasteiger partial charge in [-0.1, -0.05) is 6.58 Å². The van der Waals surface area contributed by atoms with E-state index in [-0.39, 0.29) is 17.7 Å². The Balaban J connectivity index is 0. The van der Waals surface area contributed by atoms with Gasteiger partial charge in [-0.2, -0.15) is 12.6 Å². The van der Waals surface area contributed by atoms with Crippen LogP contribution in [0.3, 0.4) is 0 Å². The molecule has 0 saturated carbocycles. The van der Waals surface area contributed by atoms with Gasteiger partial charge in [-0.3, -0.25) is 4.48 Å². The summed E-state index contributed by atoms with van der Waals surface area (Å²) in [5.41, 5.74) is 0.441. The van der Waals surface area contributed by atoms with Crippen LogP contribution in [0.1, 0.15) is 20.3 Å². The van der Waals surface area contributed by atoms with Crippen molar-refractivity contribution in [3.63, 3.8) is 0 Å². The SMILES string of the molecule is C=C(C)C(=O)OC(C)[N+](C)(C)CCCS.[OH-]. The molecule has 0 aromatic carbocycles. The molecule has 0 aliphatic rings. The number of ether oxygens (including phenoxy) is 1. The van der Waals surface area contributed by atoms with Crippen LogP contribution in [0.25, 0.3) is 0 Å². The van der Waals surface area contributed by atoms with Gasteiger partial charge in [-0.25, -0.2) is 4.79 Å². The Morgan fingerprint density at radius 2 is 2.00 bits per heavy atom. The van der Waals surface area contributed by atoms with Gasteiger partial charge in [0.25, 0.3) is 0 Å². The maximum absolute atomic E-state index is 11.3. The highest BCUT2D eigenvalue weighted by Gasteiger charge is 2.26. The fourth-order valence-electron chi connectivity index (χ4n) is 1.06. The second kappa shape index (κ2) is 7.70. The predicted octanol–water partition coefficient (Wildman–Crippen LogP) is 1.67. The number of rotatable bonds is 6. The van der Waals surface area contributed by atoms with E-state index < -0.39 is 0 Å². The zero-order chi connectivity index (χ0) is 12.1. The molecule has 0 aromatic rings. The normalized spacial score (nSPS) is 12.6. The molecule has 1 atom stereocenters. The Kier molecular flexibility index (Phi) is 8.60. The van der Waals surface area contributed by atoms with Crippen molar-refractivity contribution in [2.75, 3.05) is 26.4 Å². The molecule has 0 spiro atoms. The van der Waals surface area contributed by atoms with Crippen molar-refractivity contribution in [3.8, 4) is 0 Å². The third-order valence-corrected chi connectivity index (χ3v) is 2.82. The van der Waals surface area contributed by atoms with Crippen LogP contribution in [0.5, 0.6) is 0 Å². The van der Waals surface area contributed by atoms with Gasteiger partial charge in [0.2, 0.25) is 6.23 Å². The molecule has 0 aromatic heterocycles. The molecule has 1 unspecified atom stereocenters. The van der Waals surface area contributed by atoms with E-state index in [0.29, 0.717) is 10.1 Å². The van der Waals surface area contributed by atoms with Crippen molar-refractivity contribution in [2.45, 2.75) is 26.5 Å². The van der Waals surface area contributed by atoms with E-state index in [9.17, 15) is 4.79 Å². The van der Waals surface area contributed by atoms with Crippen LogP contribution >= 0.6 is 12.6 Å². The first kappa shape index (κ1) is 17.9. The number of quaternary nitrogens is 1. The van der Waals surface area contributed by atoms with E-state index >= 15 is 0 Å². The van der Waals surface area contributed by atoms with Crippen molar-refractivity contribution in [3.05, 3.63) is 12.2 Å². The smallest absolute Gasteiger partial charge is 0.337 e. The quantitative estimate of drug-likeness (QED) is 0.256. The third kappa shape index (κ3) is 6.15. The molecule has 0 saturated heterocycles. The summed E-state index contributed by atoms with van der Waals surface area (Å²) in [7, 11) is 4.08. The minimum atomic E-state index is -0.320. The van der Waals surface area contributed by atoms with Crippen molar-refractivity contribution in [2.24, 2.45) is 0 Å². The fourth-order valence-corrected chi connectivity index (χ4v) is 1.20. The summed E-state index contributed by atoms with van der Waals surface area (Å²) in [6.45, 7) is 8.05. The molecule has 0 rings (SSSR count). The molecule has 0 bridgehead atoms. The first-order valence-electron chi connectivity index (χ1n) is 5.11. The molecule has 16 heavy (non-hydrogen) atoms. The number of carbonyl (C=O) groups is 1. The molecule has 0 radical (unpaired) electrons. The lowest BCUT2D eigenvalue weighted by molar-refractivity contribution is -0.932. The summed E-state index contributed by atoms with van der Waals surface area (Å²) in [6.07, 6.45) is 0.847. The minimum Gasteiger partial charge on any atom is -0.870 e. The molecular formula is C11H23NO3S. The van der Waals surface area contributed by atoms with Crippen LogP contribution in [0.4, 0.5) is 0 Å². The number of hydrogen-bond acceptors (Lipinski definition) is 4. The molecule has 0 heterocycles. The van der Waals surface area contributed by atoms with Gasteiger partial charge in [0.1, 0.15) is 0 Å². The molecular weight excluding hydrogens is 226 g/mol. The molecule has 5 heteroatoms. The topological polar surface area (TPSA) is 56.3 Å². The number of esters is 1. The minimum absolute atomic E-state index is 0. The number of hydrogen-bond donors (Lipinski definition) is 1. The van der Waals surface area contributed by atoms with E-state index in [1.54, 1.807) is 6.92 Å². The number of nitrogens with zero attached hydrogens (tertiary/aromatic N) is 1. The van der Waals surface area contributed by atoms with E-state index in [4.69, 9.17) is 4.74 Å². The average Bonchev–Trinajstić information content (AvgIpc) is 2.14. The summed E-state index contributed by atoms with van der Waals surface area (Å²) < 4.78 is 5.93. The molecule has 0 aliphatic heterocycles. The summed E-state index contributed by atoms with van der Waals surface area (Å²) in [6, 6.07) is 0. The highest BCUT2D eigenvalue weighted by atomic mass is 32.1. The van der Waals surface area contributed by atoms with Crippen LogP contribution in [0.15, 0.2) is 12.2 Å². The first-order chi connectivity index (χ1) is 6.81. The van der Waals surface area contributed by atoms with Crippen molar-refractivity contribution >= 4 is 18.6 Å². The molecule has 1 N–H and O–H groups in total. The standard InChI is InChI=1S/C11H21NO2S.H2O/c1-9(2)11(13)14-10(3)12(4,5)7-6-8-15;/h10H,1,6-8H2,2-5H3;1H2. The summed E-state index contributed by atoms with van der Waals surface area (Å²) >= 11 is 4.17. The van der Waals surface area contributed by atoms with E-state index in [2.05, 4.69) is 19.2 Å². The Bertz CT molecular complexity index is 241. The van der Waals surface area contributed by atoms with Gasteiger partial charge in [-0.05, 0) is 12.7 Å². The predicted molar refractivity (Wildman–Crippen MR) is 67.7 cm³/mol. The summed E-state index contributed by atoms with van der Waals surface area (Å²) in [5.74, 6) is 0.530. The summed E-state index contributed by atoms with van der Waals surface area (Å²) in [4.78, 5) is 11.3. The van der Waals surface area contributed by atoms with E-state index in [1.165, 1.54) is 0 Å². The van der Waals surface area contributed by atoms with Crippen LogP contribution in [-0.2, 0) is 9.53 Å². The van der Waals surface area contributed by atoms with E-state index in [0.717, 1.165) is 18.7 Å². The zero-order valence-corrected chi connectivity index (χ0v) is 11.5.